The van der Waals surface area contributed by atoms with E-state index in [4.69, 9.17) is 9.47 Å². The van der Waals surface area contributed by atoms with Crippen molar-refractivity contribution >= 4 is 56.9 Å². The van der Waals surface area contributed by atoms with Gasteiger partial charge >= 0.3 is 0 Å². The van der Waals surface area contributed by atoms with Crippen LogP contribution < -0.4 is 0 Å². The van der Waals surface area contributed by atoms with Crippen molar-refractivity contribution in [3.05, 3.63) is 57.3 Å². The number of thiophene rings is 4. The molecule has 0 saturated carbocycles. The molecule has 0 radical (unpaired) electrons. The maximum atomic E-state index is 12.8. The van der Waals surface area contributed by atoms with Crippen LogP contribution in [0.15, 0.2) is 36.4 Å². The number of ether oxygens (including phenoxy) is 2. The van der Waals surface area contributed by atoms with Gasteiger partial charge in [-0.3, -0.25) is 9.59 Å². The van der Waals surface area contributed by atoms with Crippen molar-refractivity contribution in [3.63, 3.8) is 0 Å². The maximum absolute atomic E-state index is 12.8. The Morgan fingerprint density at radius 3 is 1.54 bits per heavy atom. The van der Waals surface area contributed by atoms with E-state index in [0.717, 1.165) is 66.1 Å². The Morgan fingerprint density at radius 2 is 1.10 bits per heavy atom. The fourth-order valence-electron chi connectivity index (χ4n) is 5.63. The van der Waals surface area contributed by atoms with Gasteiger partial charge in [0.05, 0.1) is 32.7 Å². The summed E-state index contributed by atoms with van der Waals surface area (Å²) >= 11 is 6.71. The van der Waals surface area contributed by atoms with E-state index < -0.39 is 5.79 Å². The highest BCUT2D eigenvalue weighted by atomic mass is 32.1. The van der Waals surface area contributed by atoms with Gasteiger partial charge in [-0.25, -0.2) is 0 Å². The van der Waals surface area contributed by atoms with Crippen molar-refractivity contribution in [2.24, 2.45) is 0 Å². The first-order valence-electron chi connectivity index (χ1n) is 14.9. The van der Waals surface area contributed by atoms with E-state index in [-0.39, 0.29) is 11.6 Å². The molecule has 41 heavy (non-hydrogen) atoms. The lowest BCUT2D eigenvalue weighted by Gasteiger charge is -2.22. The average molecular weight is 625 g/mol. The molecule has 2 aliphatic rings. The van der Waals surface area contributed by atoms with Crippen molar-refractivity contribution in [1.29, 1.82) is 0 Å². The molecule has 0 bridgehead atoms. The van der Waals surface area contributed by atoms with Crippen LogP contribution in [0.3, 0.4) is 0 Å². The van der Waals surface area contributed by atoms with Crippen LogP contribution in [0, 0.1) is 0 Å². The molecular weight excluding hydrogens is 589 g/mol. The first-order chi connectivity index (χ1) is 20.0. The number of hydrogen-bond acceptors (Lipinski definition) is 8. The Balaban J connectivity index is 1.24. The van der Waals surface area contributed by atoms with Gasteiger partial charge in [0.25, 0.3) is 0 Å². The lowest BCUT2D eigenvalue weighted by molar-refractivity contribution is -0.126. The van der Waals surface area contributed by atoms with E-state index in [1.165, 1.54) is 35.4 Å². The lowest BCUT2D eigenvalue weighted by atomic mass is 10.1. The fraction of sp³-hybridized carbons (Fsp3) is 0.455. The zero-order valence-corrected chi connectivity index (χ0v) is 27.0. The summed E-state index contributed by atoms with van der Waals surface area (Å²) in [5.41, 5.74) is 2.16. The van der Waals surface area contributed by atoms with Gasteiger partial charge in [-0.1, -0.05) is 52.4 Å². The summed E-state index contributed by atoms with van der Waals surface area (Å²) in [7, 11) is 0. The highest BCUT2D eigenvalue weighted by Gasteiger charge is 2.51. The second-order valence-corrected chi connectivity index (χ2v) is 15.1. The monoisotopic (exact) mass is 624 g/mol. The standard InChI is InChI=1S/C33H36O4S4/c1-3-5-7-9-11-23(34)25-13-15-27(38-25)29-19-21-31(40-29)32-22(33(21)36-17-18-37-33)20-30(41-32)28-16-14-26(39-28)24(35)12-10-8-6-4-2/h13-16,19-20H,3-12,17-18H2,1-2H3. The van der Waals surface area contributed by atoms with E-state index in [9.17, 15) is 9.59 Å². The minimum atomic E-state index is -0.863. The van der Waals surface area contributed by atoms with E-state index in [2.05, 4.69) is 38.1 Å². The van der Waals surface area contributed by atoms with Crippen LogP contribution in [-0.4, -0.2) is 24.8 Å². The molecule has 1 saturated heterocycles. The van der Waals surface area contributed by atoms with Crippen molar-refractivity contribution in [3.8, 4) is 29.3 Å². The van der Waals surface area contributed by atoms with E-state index in [0.29, 0.717) is 26.1 Å². The van der Waals surface area contributed by atoms with E-state index >= 15 is 0 Å². The molecule has 0 unspecified atom stereocenters. The summed E-state index contributed by atoms with van der Waals surface area (Å²) in [6, 6.07) is 12.6. The molecule has 0 amide bonds. The molecule has 1 aliphatic carbocycles. The summed E-state index contributed by atoms with van der Waals surface area (Å²) in [4.78, 5) is 34.2. The molecule has 0 aromatic carbocycles. The molecule has 5 heterocycles. The van der Waals surface area contributed by atoms with Crippen molar-refractivity contribution in [2.75, 3.05) is 13.2 Å². The number of hydrogen-bond donors (Lipinski definition) is 0. The number of rotatable bonds is 14. The van der Waals surface area contributed by atoms with Crippen LogP contribution >= 0.6 is 45.3 Å². The second-order valence-electron chi connectivity index (χ2n) is 10.8. The molecule has 1 spiro atoms. The third-order valence-corrected chi connectivity index (χ3v) is 12.9. The van der Waals surface area contributed by atoms with Gasteiger partial charge in [-0.05, 0) is 49.2 Å². The molecule has 1 fully saturated rings. The van der Waals surface area contributed by atoms with Gasteiger partial charge in [0.2, 0.25) is 5.79 Å². The van der Waals surface area contributed by atoms with Crippen LogP contribution in [0.25, 0.3) is 29.3 Å². The molecule has 4 aromatic heterocycles. The van der Waals surface area contributed by atoms with Crippen molar-refractivity contribution in [2.45, 2.75) is 83.8 Å². The molecule has 1 aliphatic heterocycles. The van der Waals surface area contributed by atoms with E-state index in [1.54, 1.807) is 45.3 Å². The highest BCUT2D eigenvalue weighted by molar-refractivity contribution is 7.29. The Kier molecular flexibility index (Phi) is 9.06. The number of carbonyl (C=O) groups is 2. The fourth-order valence-corrected chi connectivity index (χ4v) is 10.3. The van der Waals surface area contributed by atoms with Crippen molar-refractivity contribution in [1.82, 2.24) is 0 Å². The summed E-state index contributed by atoms with van der Waals surface area (Å²) in [5.74, 6) is -0.362. The summed E-state index contributed by atoms with van der Waals surface area (Å²) in [5, 5.41) is 0. The number of unbranched alkanes of at least 4 members (excludes halogenated alkanes) is 6. The first-order valence-corrected chi connectivity index (χ1v) is 18.1. The Labute approximate surface area is 258 Å². The maximum Gasteiger partial charge on any atom is 0.225 e. The SMILES string of the molecule is CCCCCCC(=O)c1ccc(-c2cc3c(s2)-c2sc(-c4ccc(C(=O)CCCCCC)s4)cc2C32OCCO2)s1. The molecule has 6 rings (SSSR count). The van der Waals surface area contributed by atoms with Crippen LogP contribution in [0.2, 0.25) is 0 Å². The Bertz CT molecular complexity index is 1420. The molecule has 0 N–H and O–H groups in total. The first kappa shape index (κ1) is 29.1. The molecule has 0 atom stereocenters. The van der Waals surface area contributed by atoms with Gasteiger partial charge < -0.3 is 9.47 Å². The Morgan fingerprint density at radius 1 is 0.634 bits per heavy atom. The van der Waals surface area contributed by atoms with Gasteiger partial charge in [0, 0.05) is 43.5 Å². The van der Waals surface area contributed by atoms with Crippen LogP contribution in [0.4, 0.5) is 0 Å². The number of ketones is 2. The molecule has 4 nitrogen and oxygen atoms in total. The minimum absolute atomic E-state index is 0.250. The third kappa shape index (κ3) is 5.71. The predicted molar refractivity (Wildman–Crippen MR) is 173 cm³/mol. The number of fused-ring (bicyclic) bond motifs is 5. The predicted octanol–water partition coefficient (Wildman–Crippen LogP) is 10.8. The average Bonchev–Trinajstić information content (AvgIpc) is 3.79. The molecule has 4 aromatic rings. The normalized spacial score (nSPS) is 15.1. The Hall–Kier alpha value is -1.94. The van der Waals surface area contributed by atoms with Crippen LogP contribution in [0.5, 0.6) is 0 Å². The van der Waals surface area contributed by atoms with Crippen molar-refractivity contribution < 1.29 is 19.1 Å². The molecule has 216 valence electrons. The van der Waals surface area contributed by atoms with Gasteiger partial charge in [-0.2, -0.15) is 0 Å². The highest BCUT2D eigenvalue weighted by Crippen LogP contribution is 2.60. The quantitative estimate of drug-likeness (QED) is 0.103. The third-order valence-electron chi connectivity index (χ3n) is 7.84. The van der Waals surface area contributed by atoms with Gasteiger partial charge in [0.1, 0.15) is 0 Å². The van der Waals surface area contributed by atoms with Gasteiger partial charge in [-0.15, -0.1) is 45.3 Å². The zero-order chi connectivity index (χ0) is 28.4. The number of carbonyl (C=O) groups excluding carboxylic acids is 2. The summed E-state index contributed by atoms with van der Waals surface area (Å²) in [6.45, 7) is 5.49. The van der Waals surface area contributed by atoms with E-state index in [1.807, 2.05) is 12.1 Å². The smallest absolute Gasteiger partial charge is 0.225 e. The number of Topliss-reactive ketones (excluding diaryl/α,β-unsaturated/α-hetero) is 2. The zero-order valence-electron chi connectivity index (χ0n) is 23.7. The summed E-state index contributed by atoms with van der Waals surface area (Å²) < 4.78 is 12.7. The topological polar surface area (TPSA) is 52.6 Å². The van der Waals surface area contributed by atoms with Crippen LogP contribution in [-0.2, 0) is 15.3 Å². The molecular formula is C33H36O4S4. The molecule has 8 heteroatoms. The van der Waals surface area contributed by atoms with Gasteiger partial charge in [0.15, 0.2) is 11.6 Å². The minimum Gasteiger partial charge on any atom is -0.340 e. The second kappa shape index (κ2) is 12.7. The largest absolute Gasteiger partial charge is 0.340 e. The lowest BCUT2D eigenvalue weighted by Crippen LogP contribution is -2.25. The van der Waals surface area contributed by atoms with Crippen LogP contribution in [0.1, 0.15) is 109 Å². The summed E-state index contributed by atoms with van der Waals surface area (Å²) in [6.07, 6.45) is 10.1.